The Bertz CT molecular complexity index is 494. The summed E-state index contributed by atoms with van der Waals surface area (Å²) in [5.74, 6) is 1.22. The van der Waals surface area contributed by atoms with Crippen LogP contribution in [0.2, 0.25) is 10.3 Å². The molecule has 0 bridgehead atoms. The highest BCUT2D eigenvalue weighted by Gasteiger charge is 2.02. The topological polar surface area (TPSA) is 35.0 Å². The second kappa shape index (κ2) is 5.34. The summed E-state index contributed by atoms with van der Waals surface area (Å²) in [6.45, 7) is 2.26. The molecule has 0 aliphatic rings. The number of benzene rings is 1. The quantitative estimate of drug-likeness (QED) is 0.797. The molecule has 0 saturated carbocycles. The Balaban J connectivity index is 2.04. The molecule has 0 aliphatic carbocycles. The van der Waals surface area contributed by atoms with E-state index >= 15 is 0 Å². The maximum atomic E-state index is 5.76. The van der Waals surface area contributed by atoms with E-state index in [4.69, 9.17) is 27.9 Å². The Morgan fingerprint density at radius 3 is 2.24 bits per heavy atom. The van der Waals surface area contributed by atoms with Gasteiger partial charge in [0.15, 0.2) is 5.82 Å². The predicted octanol–water partition coefficient (Wildman–Crippen LogP) is 3.67. The second-order valence-electron chi connectivity index (χ2n) is 3.53. The van der Waals surface area contributed by atoms with Crippen LogP contribution in [0.4, 0.5) is 0 Å². The SMILES string of the molecule is Cc1ccc(OCc2nc(Cl)cc(Cl)n2)cc1. The highest BCUT2D eigenvalue weighted by atomic mass is 35.5. The molecule has 0 atom stereocenters. The molecule has 17 heavy (non-hydrogen) atoms. The van der Waals surface area contributed by atoms with Gasteiger partial charge in [-0.15, -0.1) is 0 Å². The molecule has 0 aliphatic heterocycles. The molecule has 1 aromatic heterocycles. The van der Waals surface area contributed by atoms with Crippen LogP contribution in [-0.4, -0.2) is 9.97 Å². The molecular weight excluding hydrogens is 259 g/mol. The first kappa shape index (κ1) is 12.1. The molecule has 0 unspecified atom stereocenters. The van der Waals surface area contributed by atoms with E-state index in [1.54, 1.807) is 0 Å². The minimum atomic E-state index is 0.239. The van der Waals surface area contributed by atoms with Gasteiger partial charge < -0.3 is 4.74 Å². The third-order valence-corrected chi connectivity index (χ3v) is 2.49. The first-order chi connectivity index (χ1) is 8.13. The molecule has 2 aromatic rings. The lowest BCUT2D eigenvalue weighted by Gasteiger charge is -2.05. The summed E-state index contributed by atoms with van der Waals surface area (Å²) in [6.07, 6.45) is 0. The summed E-state index contributed by atoms with van der Waals surface area (Å²) in [4.78, 5) is 8.02. The summed E-state index contributed by atoms with van der Waals surface area (Å²) in [5, 5.41) is 0.625. The van der Waals surface area contributed by atoms with Crippen molar-refractivity contribution in [1.82, 2.24) is 9.97 Å². The third kappa shape index (κ3) is 3.58. The van der Waals surface area contributed by atoms with Crippen LogP contribution in [0.5, 0.6) is 5.75 Å². The van der Waals surface area contributed by atoms with Gasteiger partial charge in [-0.25, -0.2) is 9.97 Å². The smallest absolute Gasteiger partial charge is 0.169 e. The van der Waals surface area contributed by atoms with Gasteiger partial charge in [0.05, 0.1) is 0 Å². The van der Waals surface area contributed by atoms with E-state index in [9.17, 15) is 0 Å². The number of ether oxygens (including phenoxy) is 1. The molecule has 0 spiro atoms. The Kier molecular flexibility index (Phi) is 3.82. The van der Waals surface area contributed by atoms with Crippen LogP contribution in [0.3, 0.4) is 0 Å². The van der Waals surface area contributed by atoms with Gasteiger partial charge in [-0.05, 0) is 19.1 Å². The minimum Gasteiger partial charge on any atom is -0.486 e. The van der Waals surface area contributed by atoms with E-state index < -0.39 is 0 Å². The van der Waals surface area contributed by atoms with Crippen LogP contribution >= 0.6 is 23.2 Å². The standard InChI is InChI=1S/C12H10Cl2N2O/c1-8-2-4-9(5-3-8)17-7-12-15-10(13)6-11(14)16-12/h2-6H,7H2,1H3. The summed E-state index contributed by atoms with van der Waals surface area (Å²) in [7, 11) is 0. The average molecular weight is 269 g/mol. The van der Waals surface area contributed by atoms with Crippen molar-refractivity contribution in [3.63, 3.8) is 0 Å². The Morgan fingerprint density at radius 2 is 1.65 bits per heavy atom. The maximum absolute atomic E-state index is 5.76. The van der Waals surface area contributed by atoms with E-state index in [0.29, 0.717) is 16.1 Å². The molecule has 0 amide bonds. The van der Waals surface area contributed by atoms with Crippen LogP contribution in [0, 0.1) is 6.92 Å². The largest absolute Gasteiger partial charge is 0.486 e. The molecule has 2 rings (SSSR count). The van der Waals surface area contributed by atoms with Crippen molar-refractivity contribution < 1.29 is 4.74 Å². The molecule has 0 radical (unpaired) electrons. The number of hydrogen-bond acceptors (Lipinski definition) is 3. The molecule has 0 fully saturated rings. The van der Waals surface area contributed by atoms with E-state index in [-0.39, 0.29) is 6.61 Å². The van der Waals surface area contributed by atoms with E-state index in [2.05, 4.69) is 9.97 Å². The van der Waals surface area contributed by atoms with Gasteiger partial charge in [-0.2, -0.15) is 0 Å². The Hall–Kier alpha value is -1.32. The Morgan fingerprint density at radius 1 is 1.06 bits per heavy atom. The molecule has 1 heterocycles. The first-order valence-electron chi connectivity index (χ1n) is 5.02. The highest BCUT2D eigenvalue weighted by Crippen LogP contribution is 2.15. The third-order valence-electron chi connectivity index (χ3n) is 2.10. The van der Waals surface area contributed by atoms with Crippen LogP contribution < -0.4 is 4.74 Å². The number of rotatable bonds is 3. The van der Waals surface area contributed by atoms with Gasteiger partial charge in [0, 0.05) is 6.07 Å². The number of aryl methyl sites for hydroxylation is 1. The van der Waals surface area contributed by atoms with Crippen molar-refractivity contribution in [2.45, 2.75) is 13.5 Å². The van der Waals surface area contributed by atoms with Gasteiger partial charge >= 0.3 is 0 Å². The number of aromatic nitrogens is 2. The lowest BCUT2D eigenvalue weighted by atomic mass is 10.2. The molecule has 1 aromatic carbocycles. The molecular formula is C12H10Cl2N2O. The highest BCUT2D eigenvalue weighted by molar-refractivity contribution is 6.33. The molecule has 5 heteroatoms. The minimum absolute atomic E-state index is 0.239. The van der Waals surface area contributed by atoms with Gasteiger partial charge in [-0.3, -0.25) is 0 Å². The van der Waals surface area contributed by atoms with Gasteiger partial charge in [0.1, 0.15) is 22.7 Å². The Labute approximate surface area is 109 Å². The van der Waals surface area contributed by atoms with Crippen molar-refractivity contribution in [2.75, 3.05) is 0 Å². The zero-order chi connectivity index (χ0) is 12.3. The monoisotopic (exact) mass is 268 g/mol. The molecule has 88 valence electrons. The van der Waals surface area contributed by atoms with Crippen molar-refractivity contribution >= 4 is 23.2 Å². The summed E-state index contributed by atoms with van der Waals surface area (Å²) >= 11 is 11.5. The normalized spacial score (nSPS) is 10.3. The van der Waals surface area contributed by atoms with Gasteiger partial charge in [0.25, 0.3) is 0 Å². The number of halogens is 2. The average Bonchev–Trinajstić information content (AvgIpc) is 2.27. The van der Waals surface area contributed by atoms with Crippen molar-refractivity contribution in [3.05, 3.63) is 52.0 Å². The van der Waals surface area contributed by atoms with E-state index in [1.165, 1.54) is 11.6 Å². The van der Waals surface area contributed by atoms with Crippen molar-refractivity contribution in [2.24, 2.45) is 0 Å². The van der Waals surface area contributed by atoms with Crippen LogP contribution in [0.15, 0.2) is 30.3 Å². The number of hydrogen-bond donors (Lipinski definition) is 0. The second-order valence-corrected chi connectivity index (χ2v) is 4.31. The fourth-order valence-electron chi connectivity index (χ4n) is 1.28. The first-order valence-corrected chi connectivity index (χ1v) is 5.77. The fourth-order valence-corrected chi connectivity index (χ4v) is 1.74. The van der Waals surface area contributed by atoms with Crippen LogP contribution in [0.1, 0.15) is 11.4 Å². The lowest BCUT2D eigenvalue weighted by molar-refractivity contribution is 0.296. The zero-order valence-corrected chi connectivity index (χ0v) is 10.7. The lowest BCUT2D eigenvalue weighted by Crippen LogP contribution is -2.01. The maximum Gasteiger partial charge on any atom is 0.169 e. The summed E-state index contributed by atoms with van der Waals surface area (Å²) in [6, 6.07) is 9.21. The van der Waals surface area contributed by atoms with Crippen molar-refractivity contribution in [1.29, 1.82) is 0 Å². The van der Waals surface area contributed by atoms with Gasteiger partial charge in [-0.1, -0.05) is 40.9 Å². The molecule has 0 saturated heterocycles. The number of nitrogens with zero attached hydrogens (tertiary/aromatic N) is 2. The van der Waals surface area contributed by atoms with E-state index in [0.717, 1.165) is 5.75 Å². The van der Waals surface area contributed by atoms with E-state index in [1.807, 2.05) is 31.2 Å². The fraction of sp³-hybridized carbons (Fsp3) is 0.167. The van der Waals surface area contributed by atoms with Crippen LogP contribution in [-0.2, 0) is 6.61 Å². The molecule has 3 nitrogen and oxygen atoms in total. The molecule has 0 N–H and O–H groups in total. The zero-order valence-electron chi connectivity index (χ0n) is 9.15. The predicted molar refractivity (Wildman–Crippen MR) is 67.6 cm³/mol. The van der Waals surface area contributed by atoms with Crippen molar-refractivity contribution in [3.8, 4) is 5.75 Å². The van der Waals surface area contributed by atoms with Gasteiger partial charge in [0.2, 0.25) is 0 Å². The van der Waals surface area contributed by atoms with Crippen LogP contribution in [0.25, 0.3) is 0 Å². The summed E-state index contributed by atoms with van der Waals surface area (Å²) < 4.78 is 5.51. The summed E-state index contributed by atoms with van der Waals surface area (Å²) in [5.41, 5.74) is 1.18.